The molecule has 7 nitrogen and oxygen atoms in total. The van der Waals surface area contributed by atoms with E-state index in [-0.39, 0.29) is 18.1 Å². The summed E-state index contributed by atoms with van der Waals surface area (Å²) in [6.07, 6.45) is 0. The first-order chi connectivity index (χ1) is 13.6. The molecule has 4 rings (SSSR count). The van der Waals surface area contributed by atoms with Crippen molar-refractivity contribution < 1.29 is 9.21 Å². The summed E-state index contributed by atoms with van der Waals surface area (Å²) in [6.45, 7) is 2.93. The second-order valence-electron chi connectivity index (χ2n) is 6.48. The van der Waals surface area contributed by atoms with Gasteiger partial charge in [-0.25, -0.2) is 4.79 Å². The molecular formula is C21H20N4O3. The predicted octanol–water partition coefficient (Wildman–Crippen LogP) is 2.89. The Balaban J connectivity index is 1.76. The zero-order valence-corrected chi connectivity index (χ0v) is 15.7. The molecule has 2 aromatic heterocycles. The number of fused-ring (bicyclic) bond motifs is 3. The van der Waals surface area contributed by atoms with Gasteiger partial charge in [0.05, 0.1) is 6.54 Å². The van der Waals surface area contributed by atoms with Crippen molar-refractivity contribution >= 4 is 33.7 Å². The first kappa shape index (κ1) is 17.9. The Kier molecular flexibility index (Phi) is 4.67. The fraction of sp³-hybridized carbons (Fsp3) is 0.190. The molecule has 0 saturated heterocycles. The van der Waals surface area contributed by atoms with E-state index in [0.717, 1.165) is 17.5 Å². The van der Waals surface area contributed by atoms with Crippen molar-refractivity contribution in [3.05, 3.63) is 59.0 Å². The topological polar surface area (TPSA) is 89.2 Å². The van der Waals surface area contributed by atoms with Gasteiger partial charge in [-0.3, -0.25) is 9.36 Å². The Hall–Kier alpha value is -3.45. The van der Waals surface area contributed by atoms with Crippen molar-refractivity contribution in [2.45, 2.75) is 6.92 Å². The Labute approximate surface area is 161 Å². The molecule has 4 aromatic rings. The molecule has 142 valence electrons. The smallest absolute Gasteiger partial charge is 0.348 e. The number of amides is 1. The zero-order chi connectivity index (χ0) is 19.7. The number of rotatable bonds is 5. The molecule has 0 unspecified atom stereocenters. The molecule has 0 aliphatic carbocycles. The van der Waals surface area contributed by atoms with E-state index in [1.165, 1.54) is 4.57 Å². The maximum Gasteiger partial charge on any atom is 0.348 e. The molecular weight excluding hydrogens is 356 g/mol. The minimum atomic E-state index is -0.350. The molecule has 0 bridgehead atoms. The molecule has 0 spiro atoms. The van der Waals surface area contributed by atoms with Crippen LogP contribution in [-0.2, 0) is 11.8 Å². The number of aryl methyl sites for hydroxylation is 1. The summed E-state index contributed by atoms with van der Waals surface area (Å²) in [5.41, 5.74) is 3.54. The van der Waals surface area contributed by atoms with Gasteiger partial charge in [0.1, 0.15) is 16.8 Å². The quantitative estimate of drug-likeness (QED) is 0.559. The molecule has 0 fully saturated rings. The number of aromatic nitrogens is 2. The molecule has 2 heterocycles. The third kappa shape index (κ3) is 3.16. The molecule has 2 aromatic carbocycles. The lowest BCUT2D eigenvalue weighted by molar-refractivity contribution is -0.115. The fourth-order valence-corrected chi connectivity index (χ4v) is 3.19. The third-order valence-corrected chi connectivity index (χ3v) is 4.59. The number of carbonyl (C=O) groups is 1. The van der Waals surface area contributed by atoms with Crippen molar-refractivity contribution in [2.24, 2.45) is 7.05 Å². The summed E-state index contributed by atoms with van der Waals surface area (Å²) >= 11 is 0. The Morgan fingerprint density at radius 2 is 1.89 bits per heavy atom. The second-order valence-corrected chi connectivity index (χ2v) is 6.48. The second kappa shape index (κ2) is 7.28. The minimum absolute atomic E-state index is 0.110. The number of likely N-dealkylation sites (N-methyl/N-ethyl adjacent to an activating group) is 1. The van der Waals surface area contributed by atoms with Crippen LogP contribution >= 0.6 is 0 Å². The van der Waals surface area contributed by atoms with E-state index in [0.29, 0.717) is 28.1 Å². The van der Waals surface area contributed by atoms with E-state index >= 15 is 0 Å². The van der Waals surface area contributed by atoms with Crippen LogP contribution in [0.1, 0.15) is 6.92 Å². The van der Waals surface area contributed by atoms with Crippen LogP contribution in [0, 0.1) is 0 Å². The molecule has 0 saturated carbocycles. The number of hydrogen-bond acceptors (Lipinski definition) is 5. The van der Waals surface area contributed by atoms with Gasteiger partial charge in [0.2, 0.25) is 5.91 Å². The van der Waals surface area contributed by atoms with Gasteiger partial charge in [-0.1, -0.05) is 31.2 Å². The summed E-state index contributed by atoms with van der Waals surface area (Å²) in [4.78, 5) is 28.5. The average Bonchev–Trinajstić information content (AvgIpc) is 3.09. The van der Waals surface area contributed by atoms with Crippen molar-refractivity contribution in [3.63, 3.8) is 0 Å². The van der Waals surface area contributed by atoms with Gasteiger partial charge in [-0.05, 0) is 30.8 Å². The highest BCUT2D eigenvalue weighted by Gasteiger charge is 2.17. The fourth-order valence-electron chi connectivity index (χ4n) is 3.19. The SMILES string of the molecule is CCNCC(=O)Nc1ccc(-c2nc(=O)n(C)c3c2oc2ccccc23)cc1. The van der Waals surface area contributed by atoms with Gasteiger partial charge < -0.3 is 15.1 Å². The first-order valence-electron chi connectivity index (χ1n) is 9.07. The number of nitrogens with one attached hydrogen (secondary N) is 2. The van der Waals surface area contributed by atoms with Crippen LogP contribution in [0.2, 0.25) is 0 Å². The maximum atomic E-state index is 12.4. The number of nitrogens with zero attached hydrogens (tertiary/aromatic N) is 2. The van der Waals surface area contributed by atoms with Gasteiger partial charge in [-0.2, -0.15) is 4.98 Å². The standard InChI is InChI=1S/C21H20N4O3/c1-3-22-12-17(26)23-14-10-8-13(9-11-14)18-20-19(25(2)21(27)24-18)15-6-4-5-7-16(15)28-20/h4-11,22H,3,12H2,1-2H3,(H,23,26). The Morgan fingerprint density at radius 3 is 2.64 bits per heavy atom. The van der Waals surface area contributed by atoms with Crippen molar-refractivity contribution in [1.82, 2.24) is 14.9 Å². The molecule has 7 heteroatoms. The molecule has 0 aliphatic rings. The number of para-hydroxylation sites is 1. The monoisotopic (exact) mass is 376 g/mol. The summed E-state index contributed by atoms with van der Waals surface area (Å²) in [7, 11) is 1.69. The first-order valence-corrected chi connectivity index (χ1v) is 9.07. The Morgan fingerprint density at radius 1 is 1.14 bits per heavy atom. The summed E-state index contributed by atoms with van der Waals surface area (Å²) in [5.74, 6) is -0.110. The van der Waals surface area contributed by atoms with Crippen LogP contribution in [0.15, 0.2) is 57.7 Å². The lowest BCUT2D eigenvalue weighted by atomic mass is 10.1. The van der Waals surface area contributed by atoms with Crippen LogP contribution in [0.4, 0.5) is 5.69 Å². The van der Waals surface area contributed by atoms with Crippen LogP contribution < -0.4 is 16.3 Å². The summed E-state index contributed by atoms with van der Waals surface area (Å²) in [6, 6.07) is 14.8. The summed E-state index contributed by atoms with van der Waals surface area (Å²) in [5, 5.41) is 6.67. The Bertz CT molecular complexity index is 1220. The van der Waals surface area contributed by atoms with Crippen molar-refractivity contribution in [1.29, 1.82) is 0 Å². The van der Waals surface area contributed by atoms with Crippen LogP contribution in [-0.4, -0.2) is 28.5 Å². The number of hydrogen-bond donors (Lipinski definition) is 2. The molecule has 1 amide bonds. The average molecular weight is 376 g/mol. The molecule has 0 radical (unpaired) electrons. The maximum absolute atomic E-state index is 12.4. The van der Waals surface area contributed by atoms with Crippen LogP contribution in [0.5, 0.6) is 0 Å². The molecule has 2 N–H and O–H groups in total. The molecule has 0 atom stereocenters. The molecule has 0 aliphatic heterocycles. The lowest BCUT2D eigenvalue weighted by Gasteiger charge is -2.08. The zero-order valence-electron chi connectivity index (χ0n) is 15.7. The van der Waals surface area contributed by atoms with E-state index in [1.54, 1.807) is 19.2 Å². The third-order valence-electron chi connectivity index (χ3n) is 4.59. The number of furan rings is 1. The normalized spacial score (nSPS) is 11.2. The van der Waals surface area contributed by atoms with Crippen LogP contribution in [0.25, 0.3) is 33.3 Å². The van der Waals surface area contributed by atoms with Crippen LogP contribution in [0.3, 0.4) is 0 Å². The largest absolute Gasteiger partial charge is 0.452 e. The molecule has 28 heavy (non-hydrogen) atoms. The van der Waals surface area contributed by atoms with Gasteiger partial charge >= 0.3 is 5.69 Å². The van der Waals surface area contributed by atoms with Gasteiger partial charge in [0.15, 0.2) is 5.58 Å². The lowest BCUT2D eigenvalue weighted by Crippen LogP contribution is -2.27. The van der Waals surface area contributed by atoms with E-state index in [1.807, 2.05) is 43.3 Å². The van der Waals surface area contributed by atoms with E-state index < -0.39 is 0 Å². The highest BCUT2D eigenvalue weighted by molar-refractivity contribution is 6.06. The van der Waals surface area contributed by atoms with E-state index in [4.69, 9.17) is 4.42 Å². The van der Waals surface area contributed by atoms with Crippen molar-refractivity contribution in [3.8, 4) is 11.3 Å². The van der Waals surface area contributed by atoms with Gasteiger partial charge in [-0.15, -0.1) is 0 Å². The number of carbonyl (C=O) groups excluding carboxylic acids is 1. The van der Waals surface area contributed by atoms with Gasteiger partial charge in [0.25, 0.3) is 0 Å². The van der Waals surface area contributed by atoms with Crippen molar-refractivity contribution in [2.75, 3.05) is 18.4 Å². The number of benzene rings is 2. The minimum Gasteiger partial charge on any atom is -0.452 e. The highest BCUT2D eigenvalue weighted by Crippen LogP contribution is 2.33. The van der Waals surface area contributed by atoms with Gasteiger partial charge in [0, 0.05) is 23.7 Å². The summed E-state index contributed by atoms with van der Waals surface area (Å²) < 4.78 is 7.51. The van der Waals surface area contributed by atoms with E-state index in [2.05, 4.69) is 15.6 Å². The van der Waals surface area contributed by atoms with E-state index in [9.17, 15) is 9.59 Å². The predicted molar refractivity (Wildman–Crippen MR) is 109 cm³/mol. The number of anilines is 1. The highest BCUT2D eigenvalue weighted by atomic mass is 16.3.